The van der Waals surface area contributed by atoms with Crippen molar-refractivity contribution in [2.75, 3.05) is 20.8 Å². The van der Waals surface area contributed by atoms with Gasteiger partial charge in [0, 0.05) is 34.0 Å². The molecule has 4 aromatic rings. The minimum Gasteiger partial charge on any atom is -0.469 e. The number of methoxy groups -OCH3 is 2. The number of nitrogens with zero attached hydrogens (tertiary/aromatic N) is 1. The number of halogens is 1. The zero-order chi connectivity index (χ0) is 27.9. The average molecular weight is 591 g/mol. The summed E-state index contributed by atoms with van der Waals surface area (Å²) in [5.41, 5.74) is 2.35. The number of aromatic nitrogens is 1. The first-order valence-electron chi connectivity index (χ1n) is 12.3. The van der Waals surface area contributed by atoms with E-state index in [1.54, 1.807) is 36.4 Å². The van der Waals surface area contributed by atoms with Gasteiger partial charge in [-0.3, -0.25) is 19.0 Å². The Labute approximate surface area is 233 Å². The van der Waals surface area contributed by atoms with Crippen molar-refractivity contribution in [2.45, 2.75) is 19.4 Å². The molecule has 0 fully saturated rings. The fourth-order valence-electron chi connectivity index (χ4n) is 4.36. The second-order valence-corrected chi connectivity index (χ2v) is 9.71. The molecule has 1 aromatic heterocycles. The van der Waals surface area contributed by atoms with Gasteiger partial charge in [-0.25, -0.2) is 4.79 Å². The monoisotopic (exact) mass is 590 g/mol. The normalized spacial score (nSPS) is 10.7. The fraction of sp³-hybridized carbons (Fsp3) is 0.200. The smallest absolute Gasteiger partial charge is 0.355 e. The van der Waals surface area contributed by atoms with E-state index in [1.165, 1.54) is 18.8 Å². The van der Waals surface area contributed by atoms with Gasteiger partial charge >= 0.3 is 11.9 Å². The number of nitrogens with one attached hydrogen (secondary N) is 1. The minimum atomic E-state index is -0.629. The van der Waals surface area contributed by atoms with Crippen molar-refractivity contribution >= 4 is 44.5 Å². The van der Waals surface area contributed by atoms with Gasteiger partial charge in [-0.1, -0.05) is 58.4 Å². The summed E-state index contributed by atoms with van der Waals surface area (Å²) in [5, 5.41) is 3.87. The molecule has 0 aliphatic heterocycles. The van der Waals surface area contributed by atoms with Crippen molar-refractivity contribution in [3.05, 3.63) is 104 Å². The van der Waals surface area contributed by atoms with Crippen LogP contribution in [0.1, 0.15) is 39.3 Å². The highest BCUT2D eigenvalue weighted by Crippen LogP contribution is 2.33. The third-order valence-corrected chi connectivity index (χ3v) is 6.80. The van der Waals surface area contributed by atoms with Gasteiger partial charge in [-0.15, -0.1) is 0 Å². The summed E-state index contributed by atoms with van der Waals surface area (Å²) in [4.78, 5) is 50.6. The van der Waals surface area contributed by atoms with E-state index in [4.69, 9.17) is 4.74 Å². The standard InChI is InChI=1S/C30H27BrN2O6/c1-38-25(34)9-6-16-32-28(35)21-12-10-19(11-13-21)18-33-27(30(37)39-2)26(20-7-4-3-5-8-20)24-17-22(31)14-15-23(24)29(33)36/h3-5,7-8,10-15,17H,6,9,16,18H2,1-2H3,(H,32,35). The zero-order valence-electron chi connectivity index (χ0n) is 21.5. The van der Waals surface area contributed by atoms with Gasteiger partial charge in [0.2, 0.25) is 0 Å². The highest BCUT2D eigenvalue weighted by molar-refractivity contribution is 9.10. The summed E-state index contributed by atoms with van der Waals surface area (Å²) in [7, 11) is 2.61. The molecule has 1 N–H and O–H groups in total. The molecule has 0 saturated carbocycles. The van der Waals surface area contributed by atoms with Crippen LogP contribution in [0.2, 0.25) is 0 Å². The quantitative estimate of drug-likeness (QED) is 0.218. The number of rotatable bonds is 9. The zero-order valence-corrected chi connectivity index (χ0v) is 23.1. The maximum Gasteiger partial charge on any atom is 0.355 e. The SMILES string of the molecule is COC(=O)CCCNC(=O)c1ccc(Cn2c(C(=O)OC)c(-c3ccccc3)c3cc(Br)ccc3c2=O)cc1. The Bertz CT molecular complexity index is 1580. The molecule has 0 bridgehead atoms. The highest BCUT2D eigenvalue weighted by atomic mass is 79.9. The molecule has 0 radical (unpaired) electrons. The third kappa shape index (κ3) is 6.26. The molecule has 0 unspecified atom stereocenters. The number of hydrogen-bond donors (Lipinski definition) is 1. The van der Waals surface area contributed by atoms with Crippen molar-refractivity contribution in [1.82, 2.24) is 9.88 Å². The highest BCUT2D eigenvalue weighted by Gasteiger charge is 2.24. The number of carbonyl (C=O) groups is 3. The van der Waals surface area contributed by atoms with Crippen LogP contribution in [0.3, 0.4) is 0 Å². The second kappa shape index (κ2) is 12.5. The summed E-state index contributed by atoms with van der Waals surface area (Å²) >= 11 is 3.48. The molecule has 0 atom stereocenters. The number of pyridine rings is 1. The van der Waals surface area contributed by atoms with Crippen LogP contribution in [0.5, 0.6) is 0 Å². The Morgan fingerprint density at radius 2 is 1.62 bits per heavy atom. The molecule has 0 spiro atoms. The number of esters is 2. The largest absolute Gasteiger partial charge is 0.469 e. The lowest BCUT2D eigenvalue weighted by molar-refractivity contribution is -0.140. The van der Waals surface area contributed by atoms with Crippen LogP contribution in [0.25, 0.3) is 21.9 Å². The summed E-state index contributed by atoms with van der Waals surface area (Å²) in [6.07, 6.45) is 0.693. The lowest BCUT2D eigenvalue weighted by Gasteiger charge is -2.19. The molecule has 3 aromatic carbocycles. The topological polar surface area (TPSA) is 104 Å². The van der Waals surface area contributed by atoms with Crippen molar-refractivity contribution < 1.29 is 23.9 Å². The fourth-order valence-corrected chi connectivity index (χ4v) is 4.72. The molecule has 1 amide bonds. The average Bonchev–Trinajstić information content (AvgIpc) is 2.96. The van der Waals surface area contributed by atoms with E-state index in [2.05, 4.69) is 26.0 Å². The number of carbonyl (C=O) groups excluding carboxylic acids is 3. The van der Waals surface area contributed by atoms with Crippen molar-refractivity contribution in [3.8, 4) is 11.1 Å². The van der Waals surface area contributed by atoms with Gasteiger partial charge in [0.1, 0.15) is 5.69 Å². The first-order valence-corrected chi connectivity index (χ1v) is 13.1. The molecule has 0 aliphatic carbocycles. The van der Waals surface area contributed by atoms with E-state index in [0.29, 0.717) is 34.9 Å². The molecular weight excluding hydrogens is 564 g/mol. The van der Waals surface area contributed by atoms with Crippen LogP contribution < -0.4 is 10.9 Å². The van der Waals surface area contributed by atoms with Gasteiger partial charge in [-0.2, -0.15) is 0 Å². The number of amides is 1. The van der Waals surface area contributed by atoms with Crippen LogP contribution in [0.15, 0.2) is 82.1 Å². The Morgan fingerprint density at radius 1 is 0.897 bits per heavy atom. The number of benzene rings is 3. The van der Waals surface area contributed by atoms with E-state index >= 15 is 0 Å². The Kier molecular flexibility index (Phi) is 8.93. The van der Waals surface area contributed by atoms with E-state index < -0.39 is 5.97 Å². The molecule has 1 heterocycles. The number of hydrogen-bond acceptors (Lipinski definition) is 6. The minimum absolute atomic E-state index is 0.0934. The first kappa shape index (κ1) is 27.8. The predicted octanol–water partition coefficient (Wildman–Crippen LogP) is 4.95. The Balaban J connectivity index is 1.71. The number of fused-ring (bicyclic) bond motifs is 1. The maximum absolute atomic E-state index is 13.7. The molecule has 200 valence electrons. The summed E-state index contributed by atoms with van der Waals surface area (Å²) in [6.45, 7) is 0.430. The summed E-state index contributed by atoms with van der Waals surface area (Å²) in [6, 6.07) is 21.5. The molecule has 9 heteroatoms. The van der Waals surface area contributed by atoms with Crippen LogP contribution in [0.4, 0.5) is 0 Å². The van der Waals surface area contributed by atoms with E-state index in [0.717, 1.165) is 15.6 Å². The van der Waals surface area contributed by atoms with Gasteiger partial charge in [-0.05, 0) is 53.3 Å². The molecule has 39 heavy (non-hydrogen) atoms. The molecule has 0 saturated heterocycles. The second-order valence-electron chi connectivity index (χ2n) is 8.79. The Morgan fingerprint density at radius 3 is 2.28 bits per heavy atom. The third-order valence-electron chi connectivity index (χ3n) is 6.30. The van der Waals surface area contributed by atoms with E-state index in [9.17, 15) is 19.2 Å². The lowest BCUT2D eigenvalue weighted by Crippen LogP contribution is -2.28. The summed E-state index contributed by atoms with van der Waals surface area (Å²) < 4.78 is 11.9. The molecule has 8 nitrogen and oxygen atoms in total. The van der Waals surface area contributed by atoms with Gasteiger partial charge in [0.05, 0.1) is 20.8 Å². The van der Waals surface area contributed by atoms with Gasteiger partial charge < -0.3 is 14.8 Å². The number of ether oxygens (including phenoxy) is 2. The van der Waals surface area contributed by atoms with E-state index in [-0.39, 0.29) is 36.1 Å². The molecule has 0 aliphatic rings. The van der Waals surface area contributed by atoms with Crippen LogP contribution in [-0.2, 0) is 20.8 Å². The van der Waals surface area contributed by atoms with Crippen molar-refractivity contribution in [1.29, 1.82) is 0 Å². The van der Waals surface area contributed by atoms with Crippen molar-refractivity contribution in [2.24, 2.45) is 0 Å². The van der Waals surface area contributed by atoms with E-state index in [1.807, 2.05) is 36.4 Å². The lowest BCUT2D eigenvalue weighted by atomic mass is 9.96. The van der Waals surface area contributed by atoms with Gasteiger partial charge in [0.15, 0.2) is 0 Å². The van der Waals surface area contributed by atoms with Crippen LogP contribution in [-0.4, -0.2) is 43.2 Å². The Hall–Kier alpha value is -4.24. The summed E-state index contributed by atoms with van der Waals surface area (Å²) in [5.74, 6) is -1.23. The van der Waals surface area contributed by atoms with Gasteiger partial charge in [0.25, 0.3) is 11.5 Å². The van der Waals surface area contributed by atoms with Crippen molar-refractivity contribution in [3.63, 3.8) is 0 Å². The first-order chi connectivity index (χ1) is 18.8. The predicted molar refractivity (Wildman–Crippen MR) is 152 cm³/mol. The maximum atomic E-state index is 13.7. The molecular formula is C30H27BrN2O6. The van der Waals surface area contributed by atoms with Crippen LogP contribution >= 0.6 is 15.9 Å². The van der Waals surface area contributed by atoms with Crippen LogP contribution in [0, 0.1) is 0 Å². The molecule has 4 rings (SSSR count).